The molecule has 4 heteroatoms. The Balaban J connectivity index is 2.62. The van der Waals surface area contributed by atoms with Crippen LogP contribution in [0.4, 0.5) is 4.79 Å². The summed E-state index contributed by atoms with van der Waals surface area (Å²) in [6.07, 6.45) is -0.742. The van der Waals surface area contributed by atoms with Crippen LogP contribution in [0, 0.1) is 6.07 Å². The van der Waals surface area contributed by atoms with Crippen molar-refractivity contribution in [2.75, 3.05) is 7.11 Å². The van der Waals surface area contributed by atoms with Crippen molar-refractivity contribution in [3.63, 3.8) is 0 Å². The average Bonchev–Trinajstić information content (AvgIpc) is 2.15. The number of hydrogen-bond donors (Lipinski definition) is 0. The monoisotopic (exact) mass is 223 g/mol. The smallest absolute Gasteiger partial charge is 0.497 e. The minimum Gasteiger partial charge on any atom is -0.497 e. The molecule has 1 rings (SSSR count). The van der Waals surface area contributed by atoms with Crippen LogP contribution in [-0.2, 0) is 4.74 Å². The molecule has 0 saturated heterocycles. The molecule has 16 heavy (non-hydrogen) atoms. The second-order valence-corrected chi connectivity index (χ2v) is 4.18. The van der Waals surface area contributed by atoms with Crippen molar-refractivity contribution in [1.82, 2.24) is 0 Å². The van der Waals surface area contributed by atoms with Gasteiger partial charge in [0.1, 0.15) is 17.1 Å². The summed E-state index contributed by atoms with van der Waals surface area (Å²) in [5.41, 5.74) is -0.570. The van der Waals surface area contributed by atoms with E-state index in [1.54, 1.807) is 32.9 Å². The van der Waals surface area contributed by atoms with Crippen LogP contribution in [-0.4, -0.2) is 18.9 Å². The van der Waals surface area contributed by atoms with Gasteiger partial charge in [0, 0.05) is 6.07 Å². The van der Waals surface area contributed by atoms with Gasteiger partial charge in [-0.25, -0.2) is 4.79 Å². The second kappa shape index (κ2) is 4.88. The van der Waals surface area contributed by atoms with E-state index >= 15 is 0 Å². The Morgan fingerprint density at radius 2 is 1.88 bits per heavy atom. The molecule has 0 aliphatic carbocycles. The molecule has 0 unspecified atom stereocenters. The third kappa shape index (κ3) is 4.21. The Morgan fingerprint density at radius 3 is 2.44 bits per heavy atom. The van der Waals surface area contributed by atoms with Gasteiger partial charge in [-0.2, -0.15) is 0 Å². The van der Waals surface area contributed by atoms with Crippen molar-refractivity contribution < 1.29 is 19.0 Å². The summed E-state index contributed by atoms with van der Waals surface area (Å²) in [7, 11) is 1.53. The van der Waals surface area contributed by atoms with E-state index in [-0.39, 0.29) is 0 Å². The van der Waals surface area contributed by atoms with Crippen LogP contribution in [0.25, 0.3) is 0 Å². The lowest BCUT2D eigenvalue weighted by molar-refractivity contribution is 0.0206. The zero-order valence-electron chi connectivity index (χ0n) is 9.87. The number of rotatable bonds is 2. The molecule has 0 fully saturated rings. The molecule has 0 aliphatic rings. The first-order valence-electron chi connectivity index (χ1n) is 4.87. The molecular weight excluding hydrogens is 208 g/mol. The van der Waals surface area contributed by atoms with Crippen LogP contribution in [0.5, 0.6) is 11.5 Å². The van der Waals surface area contributed by atoms with Crippen molar-refractivity contribution in [3.8, 4) is 11.5 Å². The molecule has 1 aromatic rings. The summed E-state index contributed by atoms with van der Waals surface area (Å²) in [4.78, 5) is 11.3. The fraction of sp³-hybridized carbons (Fsp3) is 0.417. The van der Waals surface area contributed by atoms with E-state index in [2.05, 4.69) is 6.07 Å². The van der Waals surface area contributed by atoms with Crippen LogP contribution in [0.1, 0.15) is 20.8 Å². The van der Waals surface area contributed by atoms with Gasteiger partial charge in [-0.05, 0) is 39.0 Å². The van der Waals surface area contributed by atoms with Crippen molar-refractivity contribution >= 4 is 6.16 Å². The molecule has 1 aromatic carbocycles. The van der Waals surface area contributed by atoms with Crippen molar-refractivity contribution in [2.24, 2.45) is 0 Å². The highest BCUT2D eigenvalue weighted by Gasteiger charge is 2.18. The number of hydrogen-bond acceptors (Lipinski definition) is 4. The standard InChI is InChI=1S/C12H15O4/c1-12(2,3)16-11(13)15-10-7-5-6-9(8-10)14-4/h6-8H,1-4H3. The highest BCUT2D eigenvalue weighted by atomic mass is 16.7. The summed E-state index contributed by atoms with van der Waals surface area (Å²) < 4.78 is 14.9. The Labute approximate surface area is 95.1 Å². The van der Waals surface area contributed by atoms with Gasteiger partial charge >= 0.3 is 6.16 Å². The number of carbonyl (C=O) groups excluding carboxylic acids is 1. The number of ether oxygens (including phenoxy) is 3. The second-order valence-electron chi connectivity index (χ2n) is 4.18. The van der Waals surface area contributed by atoms with Gasteiger partial charge in [-0.3, -0.25) is 0 Å². The number of methoxy groups -OCH3 is 1. The molecule has 0 spiro atoms. The number of carbonyl (C=O) groups is 1. The van der Waals surface area contributed by atoms with Crippen LogP contribution in [0.2, 0.25) is 0 Å². The Bertz CT molecular complexity index is 366. The van der Waals surface area contributed by atoms with Crippen LogP contribution >= 0.6 is 0 Å². The van der Waals surface area contributed by atoms with E-state index in [9.17, 15) is 4.79 Å². The molecule has 0 heterocycles. The third-order valence-electron chi connectivity index (χ3n) is 1.56. The van der Waals surface area contributed by atoms with Crippen LogP contribution < -0.4 is 9.47 Å². The highest BCUT2D eigenvalue weighted by molar-refractivity contribution is 5.64. The summed E-state index contributed by atoms with van der Waals surface area (Å²) in [5.74, 6) is 0.912. The highest BCUT2D eigenvalue weighted by Crippen LogP contribution is 2.19. The Morgan fingerprint density at radius 1 is 1.25 bits per heavy atom. The van der Waals surface area contributed by atoms with Crippen LogP contribution in [0.15, 0.2) is 18.2 Å². The molecule has 4 nitrogen and oxygen atoms in total. The zero-order chi connectivity index (χ0) is 12.2. The first-order chi connectivity index (χ1) is 7.40. The molecule has 0 aliphatic heterocycles. The fourth-order valence-corrected chi connectivity index (χ4v) is 0.973. The van der Waals surface area contributed by atoms with E-state index in [0.29, 0.717) is 11.5 Å². The van der Waals surface area contributed by atoms with Gasteiger partial charge in [-0.15, -0.1) is 0 Å². The fourth-order valence-electron chi connectivity index (χ4n) is 0.973. The molecule has 0 amide bonds. The summed E-state index contributed by atoms with van der Waals surface area (Å²) in [5, 5.41) is 0. The minimum absolute atomic E-state index is 0.341. The van der Waals surface area contributed by atoms with E-state index in [4.69, 9.17) is 14.2 Å². The van der Waals surface area contributed by atoms with E-state index in [1.807, 2.05) is 0 Å². The predicted molar refractivity (Wildman–Crippen MR) is 58.7 cm³/mol. The minimum atomic E-state index is -0.742. The van der Waals surface area contributed by atoms with Gasteiger partial charge in [-0.1, -0.05) is 0 Å². The third-order valence-corrected chi connectivity index (χ3v) is 1.56. The molecular formula is C12H15O4. The molecule has 0 aromatic heterocycles. The maximum Gasteiger partial charge on any atom is 0.514 e. The Hall–Kier alpha value is -1.71. The van der Waals surface area contributed by atoms with Crippen molar-refractivity contribution in [1.29, 1.82) is 0 Å². The predicted octanol–water partition coefficient (Wildman–Crippen LogP) is 2.81. The maximum atomic E-state index is 11.3. The van der Waals surface area contributed by atoms with Crippen LogP contribution in [0.3, 0.4) is 0 Å². The molecule has 87 valence electrons. The van der Waals surface area contributed by atoms with Gasteiger partial charge < -0.3 is 14.2 Å². The quantitative estimate of drug-likeness (QED) is 0.571. The van der Waals surface area contributed by atoms with Crippen molar-refractivity contribution in [3.05, 3.63) is 24.3 Å². The molecule has 1 radical (unpaired) electrons. The zero-order valence-corrected chi connectivity index (χ0v) is 9.87. The van der Waals surface area contributed by atoms with Gasteiger partial charge in [0.15, 0.2) is 0 Å². The number of benzene rings is 1. The lowest BCUT2D eigenvalue weighted by Crippen LogP contribution is -2.25. The normalized spacial score (nSPS) is 10.8. The maximum absolute atomic E-state index is 11.3. The molecule has 0 N–H and O–H groups in total. The first-order valence-corrected chi connectivity index (χ1v) is 4.87. The lowest BCUT2D eigenvalue weighted by Gasteiger charge is -2.18. The van der Waals surface area contributed by atoms with E-state index in [0.717, 1.165) is 0 Å². The summed E-state index contributed by atoms with van der Waals surface area (Å²) in [6.45, 7) is 5.31. The summed E-state index contributed by atoms with van der Waals surface area (Å²) in [6, 6.07) is 7.55. The van der Waals surface area contributed by atoms with Crippen molar-refractivity contribution in [2.45, 2.75) is 26.4 Å². The summed E-state index contributed by atoms with van der Waals surface area (Å²) >= 11 is 0. The van der Waals surface area contributed by atoms with E-state index < -0.39 is 11.8 Å². The molecule has 0 atom stereocenters. The topological polar surface area (TPSA) is 44.8 Å². The molecule has 0 saturated carbocycles. The SMILES string of the molecule is COc1c[c]cc(OC(=O)OC(C)(C)C)c1. The van der Waals surface area contributed by atoms with Gasteiger partial charge in [0.2, 0.25) is 0 Å². The average molecular weight is 223 g/mol. The largest absolute Gasteiger partial charge is 0.514 e. The van der Waals surface area contributed by atoms with E-state index in [1.165, 1.54) is 13.2 Å². The van der Waals surface area contributed by atoms with Gasteiger partial charge in [0.25, 0.3) is 0 Å². The Kier molecular flexibility index (Phi) is 3.77. The van der Waals surface area contributed by atoms with Gasteiger partial charge in [0.05, 0.1) is 7.11 Å². The molecule has 0 bridgehead atoms. The lowest BCUT2D eigenvalue weighted by atomic mass is 10.2. The first kappa shape index (κ1) is 12.4.